The third-order valence-corrected chi connectivity index (χ3v) is 3.61. The summed E-state index contributed by atoms with van der Waals surface area (Å²) in [5.74, 6) is 0.957. The first-order valence-corrected chi connectivity index (χ1v) is 6.30. The summed E-state index contributed by atoms with van der Waals surface area (Å²) < 4.78 is 11.2. The Bertz CT molecular complexity index is 192. The zero-order chi connectivity index (χ0) is 10.7. The van der Waals surface area contributed by atoms with Crippen molar-refractivity contribution in [2.24, 2.45) is 5.92 Å². The van der Waals surface area contributed by atoms with Gasteiger partial charge in [-0.1, -0.05) is 0 Å². The van der Waals surface area contributed by atoms with Crippen molar-refractivity contribution in [1.29, 1.82) is 0 Å². The van der Waals surface area contributed by atoms with E-state index in [1.807, 2.05) is 13.8 Å². The molecule has 0 radical (unpaired) electrons. The summed E-state index contributed by atoms with van der Waals surface area (Å²) in [6.45, 7) is 7.77. The van der Waals surface area contributed by atoms with Crippen molar-refractivity contribution in [3.8, 4) is 0 Å². The number of rotatable bonds is 6. The van der Waals surface area contributed by atoms with Gasteiger partial charge in [0.2, 0.25) is 0 Å². The van der Waals surface area contributed by atoms with Crippen molar-refractivity contribution >= 4 is 0 Å². The van der Waals surface area contributed by atoms with Gasteiger partial charge >= 0.3 is 0 Å². The monoisotopic (exact) mass is 213 g/mol. The summed E-state index contributed by atoms with van der Waals surface area (Å²) in [5.41, 5.74) is 0. The number of likely N-dealkylation sites (tertiary alicyclic amines) is 1. The van der Waals surface area contributed by atoms with Crippen LogP contribution in [0.5, 0.6) is 0 Å². The minimum absolute atomic E-state index is 0.0145. The fraction of sp³-hybridized carbons (Fsp3) is 1.00. The molecule has 3 nitrogen and oxygen atoms in total. The molecular formula is C12H23NO2. The Kier molecular flexibility index (Phi) is 4.00. The normalized spacial score (nSPS) is 30.6. The van der Waals surface area contributed by atoms with E-state index in [4.69, 9.17) is 9.47 Å². The van der Waals surface area contributed by atoms with Crippen LogP contribution in [0.1, 0.15) is 33.1 Å². The summed E-state index contributed by atoms with van der Waals surface area (Å²) in [4.78, 5) is 2.56. The highest BCUT2D eigenvalue weighted by Crippen LogP contribution is 2.37. The molecule has 0 aromatic carbocycles. The second kappa shape index (κ2) is 5.28. The molecule has 1 aliphatic heterocycles. The molecule has 1 saturated heterocycles. The standard InChI is InChI=1S/C12H23NO2/c1-3-14-12(15-4-2)9-13-8-10-5-6-11(13)7-10/h10-12H,3-9H2,1-2H3. The smallest absolute Gasteiger partial charge is 0.170 e. The molecule has 2 atom stereocenters. The van der Waals surface area contributed by atoms with Crippen LogP contribution in [-0.4, -0.2) is 43.5 Å². The Balaban J connectivity index is 1.78. The molecule has 15 heavy (non-hydrogen) atoms. The lowest BCUT2D eigenvalue weighted by Crippen LogP contribution is -2.40. The van der Waals surface area contributed by atoms with Crippen molar-refractivity contribution in [1.82, 2.24) is 4.90 Å². The minimum atomic E-state index is -0.0145. The van der Waals surface area contributed by atoms with Crippen LogP contribution in [0, 0.1) is 5.92 Å². The Morgan fingerprint density at radius 2 is 1.93 bits per heavy atom. The average molecular weight is 213 g/mol. The molecule has 88 valence electrons. The van der Waals surface area contributed by atoms with Crippen LogP contribution in [0.25, 0.3) is 0 Å². The van der Waals surface area contributed by atoms with Crippen molar-refractivity contribution in [2.75, 3.05) is 26.3 Å². The molecule has 2 bridgehead atoms. The van der Waals surface area contributed by atoms with E-state index in [1.165, 1.54) is 25.8 Å². The number of fused-ring (bicyclic) bond motifs is 2. The SMILES string of the molecule is CCOC(CN1CC2CCC1C2)OCC. The summed E-state index contributed by atoms with van der Waals surface area (Å²) in [5, 5.41) is 0. The van der Waals surface area contributed by atoms with E-state index < -0.39 is 0 Å². The number of hydrogen-bond acceptors (Lipinski definition) is 3. The van der Waals surface area contributed by atoms with Gasteiger partial charge in [0.15, 0.2) is 6.29 Å². The van der Waals surface area contributed by atoms with Crippen LogP contribution < -0.4 is 0 Å². The van der Waals surface area contributed by atoms with Gasteiger partial charge in [0, 0.05) is 32.3 Å². The third kappa shape index (κ3) is 2.71. The van der Waals surface area contributed by atoms with Crippen molar-refractivity contribution in [3.05, 3.63) is 0 Å². The van der Waals surface area contributed by atoms with E-state index in [-0.39, 0.29) is 6.29 Å². The van der Waals surface area contributed by atoms with Gasteiger partial charge in [0.05, 0.1) is 0 Å². The predicted molar refractivity (Wildman–Crippen MR) is 59.7 cm³/mol. The van der Waals surface area contributed by atoms with E-state index in [0.29, 0.717) is 0 Å². The lowest BCUT2D eigenvalue weighted by molar-refractivity contribution is -0.149. The van der Waals surface area contributed by atoms with E-state index in [1.54, 1.807) is 0 Å². The number of ether oxygens (including phenoxy) is 2. The predicted octanol–water partition coefficient (Wildman–Crippen LogP) is 1.87. The lowest BCUT2D eigenvalue weighted by atomic mass is 10.1. The molecule has 2 unspecified atom stereocenters. The first-order valence-electron chi connectivity index (χ1n) is 6.30. The lowest BCUT2D eigenvalue weighted by Gasteiger charge is -2.30. The Labute approximate surface area is 92.7 Å². The molecule has 0 aromatic rings. The summed E-state index contributed by atoms with van der Waals surface area (Å²) in [7, 11) is 0. The van der Waals surface area contributed by atoms with Gasteiger partial charge < -0.3 is 9.47 Å². The molecule has 0 aromatic heterocycles. The first-order chi connectivity index (χ1) is 7.33. The second-order valence-corrected chi connectivity index (χ2v) is 4.63. The quantitative estimate of drug-likeness (QED) is 0.629. The van der Waals surface area contributed by atoms with E-state index in [2.05, 4.69) is 4.90 Å². The van der Waals surface area contributed by atoms with Gasteiger partial charge in [-0.2, -0.15) is 0 Å². The summed E-state index contributed by atoms with van der Waals surface area (Å²) in [6.07, 6.45) is 4.22. The van der Waals surface area contributed by atoms with Gasteiger partial charge in [0.25, 0.3) is 0 Å². The fourth-order valence-corrected chi connectivity index (χ4v) is 2.97. The van der Waals surface area contributed by atoms with E-state index >= 15 is 0 Å². The van der Waals surface area contributed by atoms with Crippen molar-refractivity contribution in [3.63, 3.8) is 0 Å². The highest BCUT2D eigenvalue weighted by Gasteiger charge is 2.38. The van der Waals surface area contributed by atoms with Crippen LogP contribution in [0.15, 0.2) is 0 Å². The van der Waals surface area contributed by atoms with E-state index in [0.717, 1.165) is 31.7 Å². The zero-order valence-electron chi connectivity index (χ0n) is 9.95. The molecule has 0 N–H and O–H groups in total. The molecule has 3 heteroatoms. The third-order valence-electron chi connectivity index (χ3n) is 3.61. The molecule has 0 amide bonds. The minimum Gasteiger partial charge on any atom is -0.352 e. The Morgan fingerprint density at radius 1 is 1.20 bits per heavy atom. The maximum atomic E-state index is 5.59. The van der Waals surface area contributed by atoms with Gasteiger partial charge in [0.1, 0.15) is 0 Å². The highest BCUT2D eigenvalue weighted by atomic mass is 16.7. The van der Waals surface area contributed by atoms with Crippen LogP contribution in [0.2, 0.25) is 0 Å². The molecule has 0 spiro atoms. The number of piperidine rings is 1. The highest BCUT2D eigenvalue weighted by molar-refractivity contribution is 4.92. The van der Waals surface area contributed by atoms with Gasteiger partial charge in [-0.05, 0) is 39.0 Å². The molecule has 1 heterocycles. The number of hydrogen-bond donors (Lipinski definition) is 0. The van der Waals surface area contributed by atoms with Gasteiger partial charge in [-0.15, -0.1) is 0 Å². The molecule has 1 aliphatic carbocycles. The Morgan fingerprint density at radius 3 is 2.40 bits per heavy atom. The fourth-order valence-electron chi connectivity index (χ4n) is 2.97. The average Bonchev–Trinajstić information content (AvgIpc) is 2.80. The summed E-state index contributed by atoms with van der Waals surface area (Å²) >= 11 is 0. The molecular weight excluding hydrogens is 190 g/mol. The van der Waals surface area contributed by atoms with Crippen LogP contribution in [0.4, 0.5) is 0 Å². The van der Waals surface area contributed by atoms with Crippen LogP contribution in [0.3, 0.4) is 0 Å². The van der Waals surface area contributed by atoms with Crippen molar-refractivity contribution in [2.45, 2.75) is 45.4 Å². The topological polar surface area (TPSA) is 21.7 Å². The van der Waals surface area contributed by atoms with Crippen LogP contribution in [-0.2, 0) is 9.47 Å². The van der Waals surface area contributed by atoms with Gasteiger partial charge in [-0.25, -0.2) is 0 Å². The molecule has 2 fully saturated rings. The summed E-state index contributed by atoms with van der Waals surface area (Å²) in [6, 6.07) is 0.818. The largest absolute Gasteiger partial charge is 0.352 e. The zero-order valence-corrected chi connectivity index (χ0v) is 9.95. The maximum Gasteiger partial charge on any atom is 0.170 e. The Hall–Kier alpha value is -0.120. The van der Waals surface area contributed by atoms with Crippen molar-refractivity contribution < 1.29 is 9.47 Å². The van der Waals surface area contributed by atoms with Gasteiger partial charge in [-0.3, -0.25) is 4.90 Å². The van der Waals surface area contributed by atoms with E-state index in [9.17, 15) is 0 Å². The van der Waals surface area contributed by atoms with Crippen LogP contribution >= 0.6 is 0 Å². The molecule has 1 saturated carbocycles. The second-order valence-electron chi connectivity index (χ2n) is 4.63. The number of nitrogens with zero attached hydrogens (tertiary/aromatic N) is 1. The first kappa shape index (κ1) is 11.4. The molecule has 2 rings (SSSR count). The maximum absolute atomic E-state index is 5.59. The molecule has 2 aliphatic rings.